The van der Waals surface area contributed by atoms with Gasteiger partial charge in [0.05, 0.1) is 6.04 Å². The highest BCUT2D eigenvalue weighted by atomic mass is 16.6. The Labute approximate surface area is 156 Å². The molecule has 1 saturated heterocycles. The minimum Gasteiger partial charge on any atom is -0.445 e. The second kappa shape index (κ2) is 7.53. The zero-order valence-corrected chi connectivity index (χ0v) is 15.4. The lowest BCUT2D eigenvalue weighted by atomic mass is 9.84. The molecule has 0 N–H and O–H groups in total. The number of nitrogens with zero attached hydrogens (tertiary/aromatic N) is 1. The van der Waals surface area contributed by atoms with Gasteiger partial charge in [-0.2, -0.15) is 0 Å². The third-order valence-corrected chi connectivity index (χ3v) is 5.83. The Bertz CT molecular complexity index is 737. The van der Waals surface area contributed by atoms with Crippen molar-refractivity contribution < 1.29 is 9.53 Å². The summed E-state index contributed by atoms with van der Waals surface area (Å²) in [7, 11) is 0. The van der Waals surface area contributed by atoms with Crippen molar-refractivity contribution in [3.8, 4) is 0 Å². The van der Waals surface area contributed by atoms with E-state index in [0.29, 0.717) is 6.61 Å². The first-order valence-electron chi connectivity index (χ1n) is 9.74. The molecule has 4 rings (SSSR count). The van der Waals surface area contributed by atoms with Gasteiger partial charge in [0.15, 0.2) is 0 Å². The lowest BCUT2D eigenvalue weighted by molar-refractivity contribution is 0.0536. The van der Waals surface area contributed by atoms with Crippen LogP contribution in [0.5, 0.6) is 0 Å². The molecular weight excluding hydrogens is 322 g/mol. The Morgan fingerprint density at radius 3 is 2.42 bits per heavy atom. The van der Waals surface area contributed by atoms with E-state index in [1.165, 1.54) is 24.0 Å². The van der Waals surface area contributed by atoms with Crippen molar-refractivity contribution >= 4 is 6.09 Å². The number of carbonyl (C=O) groups excluding carboxylic acids is 1. The molecule has 3 nitrogen and oxygen atoms in total. The van der Waals surface area contributed by atoms with Crippen LogP contribution in [0.15, 0.2) is 54.6 Å². The fourth-order valence-electron chi connectivity index (χ4n) is 4.11. The Morgan fingerprint density at radius 2 is 1.73 bits per heavy atom. The van der Waals surface area contributed by atoms with Gasteiger partial charge in [-0.05, 0) is 55.6 Å². The number of piperidine rings is 1. The molecule has 0 aromatic heterocycles. The Morgan fingerprint density at radius 1 is 1.00 bits per heavy atom. The molecule has 0 radical (unpaired) electrons. The van der Waals surface area contributed by atoms with Crippen LogP contribution in [-0.2, 0) is 11.3 Å². The van der Waals surface area contributed by atoms with E-state index < -0.39 is 0 Å². The average Bonchev–Trinajstić information content (AvgIpc) is 3.52. The molecule has 3 heteroatoms. The molecule has 1 saturated carbocycles. The van der Waals surface area contributed by atoms with Crippen LogP contribution >= 0.6 is 0 Å². The predicted octanol–water partition coefficient (Wildman–Crippen LogP) is 5.49. The Balaban J connectivity index is 1.48. The molecule has 1 amide bonds. The molecule has 1 aliphatic carbocycles. The monoisotopic (exact) mass is 349 g/mol. The number of aryl methyl sites for hydroxylation is 1. The topological polar surface area (TPSA) is 29.5 Å². The van der Waals surface area contributed by atoms with E-state index in [0.717, 1.165) is 36.8 Å². The maximum absolute atomic E-state index is 12.8. The number of amides is 1. The lowest BCUT2D eigenvalue weighted by Crippen LogP contribution is -2.41. The van der Waals surface area contributed by atoms with E-state index in [4.69, 9.17) is 4.74 Å². The van der Waals surface area contributed by atoms with E-state index in [1.54, 1.807) is 0 Å². The first kappa shape index (κ1) is 17.1. The summed E-state index contributed by atoms with van der Waals surface area (Å²) in [5.74, 6) is 1.63. The smallest absolute Gasteiger partial charge is 0.410 e. The van der Waals surface area contributed by atoms with Crippen LogP contribution in [0.2, 0.25) is 0 Å². The molecule has 2 aromatic rings. The van der Waals surface area contributed by atoms with Crippen molar-refractivity contribution in [2.75, 3.05) is 6.54 Å². The minimum absolute atomic E-state index is 0.137. The van der Waals surface area contributed by atoms with Crippen LogP contribution in [0, 0.1) is 18.8 Å². The Hall–Kier alpha value is -2.29. The normalized spacial score (nSPS) is 22.9. The molecule has 1 heterocycles. The molecule has 136 valence electrons. The van der Waals surface area contributed by atoms with Gasteiger partial charge in [-0.15, -0.1) is 0 Å². The van der Waals surface area contributed by atoms with Crippen LogP contribution in [0.25, 0.3) is 0 Å². The zero-order chi connectivity index (χ0) is 17.9. The summed E-state index contributed by atoms with van der Waals surface area (Å²) < 4.78 is 5.64. The molecule has 2 aromatic carbocycles. The number of ether oxygens (including phenoxy) is 1. The summed E-state index contributed by atoms with van der Waals surface area (Å²) in [6, 6.07) is 18.7. The van der Waals surface area contributed by atoms with E-state index in [2.05, 4.69) is 31.2 Å². The van der Waals surface area contributed by atoms with Gasteiger partial charge in [0.25, 0.3) is 0 Å². The largest absolute Gasteiger partial charge is 0.445 e. The summed E-state index contributed by atoms with van der Waals surface area (Å²) in [6.45, 7) is 3.24. The van der Waals surface area contributed by atoms with Gasteiger partial charge in [-0.1, -0.05) is 60.2 Å². The number of hydrogen-bond acceptors (Lipinski definition) is 2. The van der Waals surface area contributed by atoms with Gasteiger partial charge in [0, 0.05) is 6.54 Å². The second-order valence-electron chi connectivity index (χ2n) is 7.78. The number of carbonyl (C=O) groups is 1. The minimum atomic E-state index is -0.186. The molecule has 0 bridgehead atoms. The standard InChI is InChI=1S/C23H27NO2/c1-17-7-9-20(10-8-17)22-15-21(19-11-12-19)13-14-24(22)23(25)26-16-18-5-3-2-4-6-18/h2-10,19,21-22H,11-16H2,1H3/t21-,22-/m0/s1. The van der Waals surface area contributed by atoms with Gasteiger partial charge in [0.2, 0.25) is 0 Å². The average molecular weight is 349 g/mol. The van der Waals surface area contributed by atoms with Gasteiger partial charge in [-0.25, -0.2) is 4.79 Å². The van der Waals surface area contributed by atoms with Crippen molar-refractivity contribution in [1.82, 2.24) is 4.90 Å². The number of benzene rings is 2. The third kappa shape index (κ3) is 3.92. The quantitative estimate of drug-likeness (QED) is 0.730. The maximum Gasteiger partial charge on any atom is 0.410 e. The predicted molar refractivity (Wildman–Crippen MR) is 103 cm³/mol. The van der Waals surface area contributed by atoms with Crippen molar-refractivity contribution in [2.45, 2.75) is 45.3 Å². The van der Waals surface area contributed by atoms with E-state index in [1.807, 2.05) is 35.2 Å². The number of rotatable bonds is 4. The summed E-state index contributed by atoms with van der Waals surface area (Å²) >= 11 is 0. The fraction of sp³-hybridized carbons (Fsp3) is 0.435. The number of likely N-dealkylation sites (tertiary alicyclic amines) is 1. The van der Waals surface area contributed by atoms with E-state index in [9.17, 15) is 4.79 Å². The Kier molecular flexibility index (Phi) is 4.96. The fourth-order valence-corrected chi connectivity index (χ4v) is 4.11. The highest BCUT2D eigenvalue weighted by molar-refractivity contribution is 5.68. The molecular formula is C23H27NO2. The van der Waals surface area contributed by atoms with E-state index in [-0.39, 0.29) is 12.1 Å². The summed E-state index contributed by atoms with van der Waals surface area (Å²) in [5, 5.41) is 0. The first-order valence-corrected chi connectivity index (χ1v) is 9.74. The van der Waals surface area contributed by atoms with Crippen LogP contribution in [0.3, 0.4) is 0 Å². The van der Waals surface area contributed by atoms with Crippen molar-refractivity contribution in [1.29, 1.82) is 0 Å². The van der Waals surface area contributed by atoms with Crippen LogP contribution in [0.4, 0.5) is 4.79 Å². The molecule has 2 atom stereocenters. The highest BCUT2D eigenvalue weighted by Gasteiger charge is 2.40. The summed E-state index contributed by atoms with van der Waals surface area (Å²) in [4.78, 5) is 14.8. The lowest BCUT2D eigenvalue weighted by Gasteiger charge is -2.39. The molecule has 2 aliphatic rings. The van der Waals surface area contributed by atoms with Gasteiger partial charge in [0.1, 0.15) is 6.61 Å². The van der Waals surface area contributed by atoms with Crippen molar-refractivity contribution in [3.63, 3.8) is 0 Å². The molecule has 0 spiro atoms. The molecule has 26 heavy (non-hydrogen) atoms. The van der Waals surface area contributed by atoms with Crippen LogP contribution in [0.1, 0.15) is 48.4 Å². The maximum atomic E-state index is 12.8. The summed E-state index contributed by atoms with van der Waals surface area (Å²) in [6.07, 6.45) is 4.71. The third-order valence-electron chi connectivity index (χ3n) is 5.83. The van der Waals surface area contributed by atoms with Crippen molar-refractivity contribution in [3.05, 3.63) is 71.3 Å². The van der Waals surface area contributed by atoms with Crippen LogP contribution < -0.4 is 0 Å². The van der Waals surface area contributed by atoms with Gasteiger partial charge >= 0.3 is 6.09 Å². The second-order valence-corrected chi connectivity index (χ2v) is 7.78. The first-order chi connectivity index (χ1) is 12.7. The van der Waals surface area contributed by atoms with Gasteiger partial charge < -0.3 is 9.64 Å². The molecule has 1 aliphatic heterocycles. The highest BCUT2D eigenvalue weighted by Crippen LogP contribution is 2.46. The number of hydrogen-bond donors (Lipinski definition) is 0. The van der Waals surface area contributed by atoms with Crippen molar-refractivity contribution in [2.24, 2.45) is 11.8 Å². The van der Waals surface area contributed by atoms with Crippen LogP contribution in [-0.4, -0.2) is 17.5 Å². The molecule has 0 unspecified atom stereocenters. The van der Waals surface area contributed by atoms with E-state index >= 15 is 0 Å². The SMILES string of the molecule is Cc1ccc([C@@H]2C[C@@H](C3CC3)CCN2C(=O)OCc2ccccc2)cc1. The summed E-state index contributed by atoms with van der Waals surface area (Å²) in [5.41, 5.74) is 3.51. The zero-order valence-electron chi connectivity index (χ0n) is 15.4. The van der Waals surface area contributed by atoms with Gasteiger partial charge in [-0.3, -0.25) is 0 Å². The molecule has 2 fully saturated rings.